The van der Waals surface area contributed by atoms with Crippen molar-refractivity contribution in [1.29, 1.82) is 0 Å². The quantitative estimate of drug-likeness (QED) is 0.551. The van der Waals surface area contributed by atoms with E-state index in [2.05, 4.69) is 10.7 Å². The highest BCUT2D eigenvalue weighted by Crippen LogP contribution is 2.56. The number of amides is 4. The molecule has 29 heavy (non-hydrogen) atoms. The van der Waals surface area contributed by atoms with E-state index in [4.69, 9.17) is 4.74 Å². The maximum Gasteiger partial charge on any atom is 0.344 e. The molecule has 5 saturated carbocycles. The van der Waals surface area contributed by atoms with Gasteiger partial charge in [-0.1, -0.05) is 19.3 Å². The summed E-state index contributed by atoms with van der Waals surface area (Å²) < 4.78 is 5.33. The first-order valence-corrected chi connectivity index (χ1v) is 11.1. The van der Waals surface area contributed by atoms with Crippen LogP contribution in [0, 0.1) is 29.6 Å². The molecule has 6 aliphatic rings. The first kappa shape index (κ1) is 18.9. The third-order valence-electron chi connectivity index (χ3n) is 7.95. The Morgan fingerprint density at radius 2 is 1.62 bits per heavy atom. The number of urea groups is 1. The van der Waals surface area contributed by atoms with Crippen LogP contribution in [0.1, 0.15) is 64.2 Å². The number of carbonyl (C=O) groups is 4. The molecule has 8 heteroatoms. The van der Waals surface area contributed by atoms with Crippen LogP contribution in [0.5, 0.6) is 0 Å². The summed E-state index contributed by atoms with van der Waals surface area (Å²) in [6.07, 6.45) is 9.67. The van der Waals surface area contributed by atoms with Gasteiger partial charge in [0.15, 0.2) is 6.61 Å². The summed E-state index contributed by atoms with van der Waals surface area (Å²) in [6, 6.07) is -0.613. The third kappa shape index (κ3) is 3.20. The van der Waals surface area contributed by atoms with Gasteiger partial charge in [-0.3, -0.25) is 19.8 Å². The van der Waals surface area contributed by atoms with Crippen LogP contribution in [0.25, 0.3) is 0 Å². The van der Waals surface area contributed by atoms with Crippen molar-refractivity contribution in [3.8, 4) is 0 Å². The second kappa shape index (κ2) is 6.99. The second-order valence-electron chi connectivity index (χ2n) is 9.81. The van der Waals surface area contributed by atoms with Crippen LogP contribution in [0.4, 0.5) is 4.79 Å². The first-order chi connectivity index (χ1) is 13.9. The molecule has 0 unspecified atom stereocenters. The summed E-state index contributed by atoms with van der Waals surface area (Å²) in [5.41, 5.74) is 1.44. The van der Waals surface area contributed by atoms with E-state index in [1.165, 1.54) is 6.42 Å². The number of ether oxygens (including phenoxy) is 1. The predicted octanol–water partition coefficient (Wildman–Crippen LogP) is 1.89. The van der Waals surface area contributed by atoms with Gasteiger partial charge in [-0.05, 0) is 68.6 Å². The van der Waals surface area contributed by atoms with E-state index in [0.29, 0.717) is 24.7 Å². The molecule has 0 aromatic carbocycles. The van der Waals surface area contributed by atoms with Crippen molar-refractivity contribution in [3.63, 3.8) is 0 Å². The molecule has 0 radical (unpaired) electrons. The fourth-order valence-electron chi connectivity index (χ4n) is 6.92. The molecule has 1 heterocycles. The Balaban J connectivity index is 1.15. The van der Waals surface area contributed by atoms with Crippen molar-refractivity contribution in [2.24, 2.45) is 29.6 Å². The molecule has 0 aromatic heterocycles. The molecule has 6 rings (SSSR count). The van der Waals surface area contributed by atoms with E-state index < -0.39 is 30.0 Å². The highest BCUT2D eigenvalue weighted by Gasteiger charge is 2.53. The number of hydrazine groups is 1. The zero-order chi connectivity index (χ0) is 20.2. The lowest BCUT2D eigenvalue weighted by molar-refractivity contribution is -0.165. The van der Waals surface area contributed by atoms with Gasteiger partial charge in [0.25, 0.3) is 11.8 Å². The largest absolute Gasteiger partial charge is 0.455 e. The Morgan fingerprint density at radius 3 is 2.24 bits per heavy atom. The minimum absolute atomic E-state index is 0.0992. The van der Waals surface area contributed by atoms with E-state index in [1.54, 1.807) is 0 Å². The van der Waals surface area contributed by atoms with Crippen molar-refractivity contribution < 1.29 is 23.9 Å². The van der Waals surface area contributed by atoms with Crippen molar-refractivity contribution >= 4 is 23.8 Å². The van der Waals surface area contributed by atoms with Gasteiger partial charge in [0.05, 0.1) is 5.92 Å². The number of esters is 1. The monoisotopic (exact) mass is 403 g/mol. The Morgan fingerprint density at radius 1 is 1.00 bits per heavy atom. The minimum atomic E-state index is -0.889. The molecule has 4 amide bonds. The molecule has 1 aliphatic heterocycles. The molecule has 0 atom stereocenters. The number of hydrogen-bond donors (Lipinski definition) is 2. The van der Waals surface area contributed by atoms with Gasteiger partial charge >= 0.3 is 12.0 Å². The van der Waals surface area contributed by atoms with Crippen LogP contribution in [0.3, 0.4) is 0 Å². The molecule has 4 bridgehead atoms. The van der Waals surface area contributed by atoms with Gasteiger partial charge in [0.2, 0.25) is 0 Å². The molecule has 1 spiro atoms. The Hall–Kier alpha value is -2.12. The van der Waals surface area contributed by atoms with E-state index in [-0.39, 0.29) is 11.9 Å². The average Bonchev–Trinajstić information content (AvgIpc) is 2.90. The summed E-state index contributed by atoms with van der Waals surface area (Å²) in [5, 5.41) is 3.50. The minimum Gasteiger partial charge on any atom is -0.455 e. The highest BCUT2D eigenvalue weighted by atomic mass is 16.5. The van der Waals surface area contributed by atoms with Crippen molar-refractivity contribution in [2.75, 3.05) is 6.61 Å². The maximum absolute atomic E-state index is 12.7. The lowest BCUT2D eigenvalue weighted by atomic mass is 9.52. The fourth-order valence-corrected chi connectivity index (χ4v) is 6.92. The molecule has 5 aliphatic carbocycles. The van der Waals surface area contributed by atoms with Gasteiger partial charge in [-0.15, -0.1) is 0 Å². The van der Waals surface area contributed by atoms with Gasteiger partial charge in [-0.2, -0.15) is 5.01 Å². The normalized spacial score (nSPS) is 37.0. The first-order valence-electron chi connectivity index (χ1n) is 11.1. The summed E-state index contributed by atoms with van der Waals surface area (Å²) in [7, 11) is 0. The van der Waals surface area contributed by atoms with E-state index in [9.17, 15) is 19.2 Å². The molecule has 1 saturated heterocycles. The SMILES string of the molecule is O=C(COC(=O)C1C2CC3CC(C2)CC1C3)NN1C(=O)NC2(CCCCC2)C1=O. The lowest BCUT2D eigenvalue weighted by Crippen LogP contribution is -2.52. The smallest absolute Gasteiger partial charge is 0.344 e. The summed E-state index contributed by atoms with van der Waals surface area (Å²) in [4.78, 5) is 49.9. The number of hydrogen-bond acceptors (Lipinski definition) is 5. The standard InChI is InChI=1S/C21H29N3O5/c25-16(23-24-19(27)21(22-20(24)28)4-2-1-3-5-21)11-29-18(26)17-14-7-12-6-13(9-14)10-15(17)8-12/h12-15,17H,1-11H2,(H,22,28)(H,23,25). The second-order valence-corrected chi connectivity index (χ2v) is 9.81. The van der Waals surface area contributed by atoms with Crippen LogP contribution in [-0.2, 0) is 19.1 Å². The fraction of sp³-hybridized carbons (Fsp3) is 0.810. The number of carbonyl (C=O) groups excluding carboxylic acids is 4. The van der Waals surface area contributed by atoms with Gasteiger partial charge in [0, 0.05) is 0 Å². The maximum atomic E-state index is 12.7. The van der Waals surface area contributed by atoms with Gasteiger partial charge in [0.1, 0.15) is 5.54 Å². The van der Waals surface area contributed by atoms with Crippen molar-refractivity contribution in [2.45, 2.75) is 69.7 Å². The molecule has 6 fully saturated rings. The molecular weight excluding hydrogens is 374 g/mol. The summed E-state index contributed by atoms with van der Waals surface area (Å²) in [5.74, 6) is 0.834. The zero-order valence-electron chi connectivity index (χ0n) is 16.7. The lowest BCUT2D eigenvalue weighted by Gasteiger charge is -2.53. The predicted molar refractivity (Wildman–Crippen MR) is 101 cm³/mol. The number of rotatable bonds is 4. The highest BCUT2D eigenvalue weighted by molar-refractivity contribution is 6.08. The van der Waals surface area contributed by atoms with Crippen LogP contribution in [0.15, 0.2) is 0 Å². The Bertz CT molecular complexity index is 717. The molecule has 0 aromatic rings. The van der Waals surface area contributed by atoms with E-state index in [1.807, 2.05) is 0 Å². The number of imide groups is 1. The Kier molecular flexibility index (Phi) is 4.55. The topological polar surface area (TPSA) is 105 Å². The molecular formula is C21H29N3O5. The number of nitrogens with one attached hydrogen (secondary N) is 2. The van der Waals surface area contributed by atoms with Gasteiger partial charge in [-0.25, -0.2) is 4.79 Å². The third-order valence-corrected chi connectivity index (χ3v) is 7.95. The van der Waals surface area contributed by atoms with Crippen molar-refractivity contribution in [1.82, 2.24) is 15.8 Å². The van der Waals surface area contributed by atoms with Crippen LogP contribution >= 0.6 is 0 Å². The molecule has 8 nitrogen and oxygen atoms in total. The van der Waals surface area contributed by atoms with Crippen LogP contribution < -0.4 is 10.7 Å². The summed E-state index contributed by atoms with van der Waals surface area (Å²) >= 11 is 0. The number of nitrogens with zero attached hydrogens (tertiary/aromatic N) is 1. The van der Waals surface area contributed by atoms with Gasteiger partial charge < -0.3 is 10.1 Å². The molecule has 2 N–H and O–H groups in total. The average molecular weight is 403 g/mol. The zero-order valence-corrected chi connectivity index (χ0v) is 16.7. The van der Waals surface area contributed by atoms with Crippen LogP contribution in [-0.4, -0.2) is 41.0 Å². The Labute approximate surface area is 170 Å². The molecule has 158 valence electrons. The van der Waals surface area contributed by atoms with E-state index >= 15 is 0 Å². The van der Waals surface area contributed by atoms with Crippen LogP contribution in [0.2, 0.25) is 0 Å². The van der Waals surface area contributed by atoms with E-state index in [0.717, 1.165) is 61.8 Å². The van der Waals surface area contributed by atoms with Crippen molar-refractivity contribution in [3.05, 3.63) is 0 Å². The summed E-state index contributed by atoms with van der Waals surface area (Å²) in [6.45, 7) is -0.467.